The topological polar surface area (TPSA) is 15.3 Å². The van der Waals surface area contributed by atoms with Gasteiger partial charge in [0.15, 0.2) is 0 Å². The average molecular weight is 256 g/mol. The van der Waals surface area contributed by atoms with Crippen molar-refractivity contribution in [1.29, 1.82) is 0 Å². The minimum atomic E-state index is 0.763. The summed E-state index contributed by atoms with van der Waals surface area (Å²) in [6.45, 7) is 4.90. The zero-order chi connectivity index (χ0) is 12.7. The van der Waals surface area contributed by atoms with Crippen LogP contribution in [0.4, 0.5) is 0 Å². The predicted molar refractivity (Wildman–Crippen MR) is 78.2 cm³/mol. The second kappa shape index (κ2) is 4.92. The van der Waals surface area contributed by atoms with Crippen molar-refractivity contribution in [3.05, 3.63) is 35.4 Å². The van der Waals surface area contributed by atoms with Crippen LogP contribution in [0.5, 0.6) is 0 Å². The van der Waals surface area contributed by atoms with E-state index in [1.165, 1.54) is 50.9 Å². The lowest BCUT2D eigenvalue weighted by Gasteiger charge is -2.24. The summed E-state index contributed by atoms with van der Waals surface area (Å²) >= 11 is 0. The molecule has 2 heteroatoms. The van der Waals surface area contributed by atoms with Crippen LogP contribution in [0, 0.1) is 5.92 Å². The summed E-state index contributed by atoms with van der Waals surface area (Å²) in [6.07, 6.45) is 5.60. The van der Waals surface area contributed by atoms with Gasteiger partial charge in [0.1, 0.15) is 0 Å². The molecule has 0 spiro atoms. The van der Waals surface area contributed by atoms with Crippen molar-refractivity contribution >= 4 is 0 Å². The number of fused-ring (bicyclic) bond motifs is 1. The van der Waals surface area contributed by atoms with Gasteiger partial charge in [0, 0.05) is 25.7 Å². The molecule has 102 valence electrons. The van der Waals surface area contributed by atoms with E-state index in [9.17, 15) is 0 Å². The molecule has 19 heavy (non-hydrogen) atoms. The highest BCUT2D eigenvalue weighted by Crippen LogP contribution is 2.40. The second-order valence-electron chi connectivity index (χ2n) is 6.67. The Morgan fingerprint density at radius 3 is 2.63 bits per heavy atom. The predicted octanol–water partition coefficient (Wildman–Crippen LogP) is 2.75. The maximum atomic E-state index is 3.69. The van der Waals surface area contributed by atoms with Gasteiger partial charge in [-0.3, -0.25) is 4.90 Å². The molecule has 2 heterocycles. The molecular formula is C17H24N2. The molecule has 3 aliphatic rings. The Bertz CT molecular complexity index is 421. The molecule has 2 atom stereocenters. The molecule has 2 unspecified atom stereocenters. The summed E-state index contributed by atoms with van der Waals surface area (Å²) in [7, 11) is 0. The molecule has 2 aliphatic heterocycles. The molecule has 0 bridgehead atoms. The largest absolute Gasteiger partial charge is 0.312 e. The van der Waals surface area contributed by atoms with Gasteiger partial charge in [0.05, 0.1) is 0 Å². The fraction of sp³-hybridized carbons (Fsp3) is 0.647. The van der Waals surface area contributed by atoms with Crippen molar-refractivity contribution in [2.75, 3.05) is 19.6 Å². The van der Waals surface area contributed by atoms with Crippen LogP contribution in [0.3, 0.4) is 0 Å². The number of benzene rings is 1. The zero-order valence-electron chi connectivity index (χ0n) is 11.6. The second-order valence-corrected chi connectivity index (χ2v) is 6.67. The fourth-order valence-corrected chi connectivity index (χ4v) is 3.84. The number of likely N-dealkylation sites (tertiary alicyclic amines) is 1. The van der Waals surface area contributed by atoms with E-state index < -0.39 is 0 Å². The van der Waals surface area contributed by atoms with Gasteiger partial charge < -0.3 is 5.32 Å². The summed E-state index contributed by atoms with van der Waals surface area (Å²) in [5, 5.41) is 3.69. The van der Waals surface area contributed by atoms with Crippen LogP contribution in [0.1, 0.15) is 42.7 Å². The van der Waals surface area contributed by atoms with Crippen molar-refractivity contribution < 1.29 is 0 Å². The van der Waals surface area contributed by atoms with Crippen molar-refractivity contribution in [3.63, 3.8) is 0 Å². The highest BCUT2D eigenvalue weighted by atomic mass is 15.2. The molecule has 1 N–H and O–H groups in total. The summed E-state index contributed by atoms with van der Waals surface area (Å²) < 4.78 is 0. The Morgan fingerprint density at radius 1 is 1.05 bits per heavy atom. The normalized spacial score (nSPS) is 31.4. The first kappa shape index (κ1) is 11.9. The lowest BCUT2D eigenvalue weighted by Crippen LogP contribution is -2.40. The average Bonchev–Trinajstić information content (AvgIpc) is 3.20. The molecular weight excluding hydrogens is 232 g/mol. The van der Waals surface area contributed by atoms with Gasteiger partial charge in [-0.2, -0.15) is 0 Å². The Balaban J connectivity index is 1.38. The van der Waals surface area contributed by atoms with Crippen LogP contribution in [-0.4, -0.2) is 30.6 Å². The number of piperidine rings is 1. The first-order chi connectivity index (χ1) is 9.38. The molecule has 1 saturated carbocycles. The van der Waals surface area contributed by atoms with Crippen molar-refractivity contribution in [2.45, 2.75) is 44.2 Å². The van der Waals surface area contributed by atoms with E-state index >= 15 is 0 Å². The fourth-order valence-electron chi connectivity index (χ4n) is 3.84. The standard InChI is InChI=1S/C17H24N2/c1-2-16-11-19(12-17(16)18-9-1)10-13-3-5-14(6-4-13)15-7-8-15/h3-6,15-18H,1-2,7-12H2. The number of rotatable bonds is 3. The van der Waals surface area contributed by atoms with Crippen molar-refractivity contribution in [1.82, 2.24) is 10.2 Å². The molecule has 0 amide bonds. The number of hydrogen-bond acceptors (Lipinski definition) is 2. The van der Waals surface area contributed by atoms with Gasteiger partial charge in [0.2, 0.25) is 0 Å². The van der Waals surface area contributed by atoms with Crippen LogP contribution in [0.25, 0.3) is 0 Å². The van der Waals surface area contributed by atoms with Crippen LogP contribution >= 0.6 is 0 Å². The maximum absolute atomic E-state index is 3.69. The first-order valence-corrected chi connectivity index (χ1v) is 7.93. The minimum absolute atomic E-state index is 0.763. The molecule has 4 rings (SSSR count). The van der Waals surface area contributed by atoms with E-state index in [-0.39, 0.29) is 0 Å². The van der Waals surface area contributed by atoms with E-state index in [4.69, 9.17) is 0 Å². The van der Waals surface area contributed by atoms with Crippen LogP contribution in [0.2, 0.25) is 0 Å². The van der Waals surface area contributed by atoms with E-state index in [0.717, 1.165) is 24.4 Å². The molecule has 1 aromatic rings. The monoisotopic (exact) mass is 256 g/mol. The quantitative estimate of drug-likeness (QED) is 0.894. The third-order valence-corrected chi connectivity index (χ3v) is 5.11. The molecule has 3 fully saturated rings. The van der Waals surface area contributed by atoms with Gasteiger partial charge in [-0.25, -0.2) is 0 Å². The van der Waals surface area contributed by atoms with E-state index in [2.05, 4.69) is 34.5 Å². The molecule has 0 aromatic heterocycles. The van der Waals surface area contributed by atoms with Gasteiger partial charge >= 0.3 is 0 Å². The summed E-state index contributed by atoms with van der Waals surface area (Å²) in [4.78, 5) is 2.64. The maximum Gasteiger partial charge on any atom is 0.0235 e. The Labute approximate surface area is 116 Å². The van der Waals surface area contributed by atoms with Gasteiger partial charge in [-0.1, -0.05) is 24.3 Å². The van der Waals surface area contributed by atoms with Crippen LogP contribution in [0.15, 0.2) is 24.3 Å². The lowest BCUT2D eigenvalue weighted by atomic mass is 9.94. The molecule has 2 saturated heterocycles. The highest BCUT2D eigenvalue weighted by molar-refractivity contribution is 5.28. The van der Waals surface area contributed by atoms with E-state index in [0.29, 0.717) is 0 Å². The Hall–Kier alpha value is -0.860. The zero-order valence-corrected chi connectivity index (χ0v) is 11.6. The molecule has 1 aliphatic carbocycles. The first-order valence-electron chi connectivity index (χ1n) is 7.93. The molecule has 0 radical (unpaired) electrons. The summed E-state index contributed by atoms with van der Waals surface area (Å²) in [6, 6.07) is 10.2. The summed E-state index contributed by atoms with van der Waals surface area (Å²) in [5.74, 6) is 1.78. The smallest absolute Gasteiger partial charge is 0.0235 e. The number of nitrogens with one attached hydrogen (secondary N) is 1. The van der Waals surface area contributed by atoms with Gasteiger partial charge in [0.25, 0.3) is 0 Å². The third kappa shape index (κ3) is 2.56. The molecule has 1 aromatic carbocycles. The minimum Gasteiger partial charge on any atom is -0.312 e. The van der Waals surface area contributed by atoms with E-state index in [1.54, 1.807) is 5.56 Å². The van der Waals surface area contributed by atoms with Crippen LogP contribution in [-0.2, 0) is 6.54 Å². The Morgan fingerprint density at radius 2 is 1.89 bits per heavy atom. The van der Waals surface area contributed by atoms with Crippen LogP contribution < -0.4 is 5.32 Å². The third-order valence-electron chi connectivity index (χ3n) is 5.11. The number of hydrogen-bond donors (Lipinski definition) is 1. The Kier molecular flexibility index (Phi) is 3.08. The number of nitrogens with zero attached hydrogens (tertiary/aromatic N) is 1. The molecule has 2 nitrogen and oxygen atoms in total. The van der Waals surface area contributed by atoms with Crippen molar-refractivity contribution in [2.24, 2.45) is 5.92 Å². The lowest BCUT2D eigenvalue weighted by molar-refractivity contribution is 0.312. The SMILES string of the molecule is c1cc(C2CC2)ccc1CN1CC2CCCNC2C1. The summed E-state index contributed by atoms with van der Waals surface area (Å²) in [5.41, 5.74) is 3.04. The van der Waals surface area contributed by atoms with Gasteiger partial charge in [-0.15, -0.1) is 0 Å². The van der Waals surface area contributed by atoms with Crippen molar-refractivity contribution in [3.8, 4) is 0 Å². The highest BCUT2D eigenvalue weighted by Gasteiger charge is 2.33. The van der Waals surface area contributed by atoms with Gasteiger partial charge in [-0.05, 0) is 55.2 Å². The van der Waals surface area contributed by atoms with E-state index in [1.807, 2.05) is 0 Å².